The van der Waals surface area contributed by atoms with Gasteiger partial charge in [-0.25, -0.2) is 4.39 Å². The third-order valence-corrected chi connectivity index (χ3v) is 3.58. The van der Waals surface area contributed by atoms with Crippen molar-refractivity contribution in [3.8, 4) is 0 Å². The number of amides is 1. The summed E-state index contributed by atoms with van der Waals surface area (Å²) in [5, 5.41) is 9.35. The predicted molar refractivity (Wildman–Crippen MR) is 67.7 cm³/mol. The van der Waals surface area contributed by atoms with E-state index >= 15 is 0 Å². The van der Waals surface area contributed by atoms with E-state index in [1.54, 1.807) is 30.6 Å². The number of carbonyl (C=O) groups excluding carboxylic acids is 1. The standard InChI is InChI=1S/C14H14FN3O/c15-12-4-2-1-3-11(12)14(5-6-14)13(19)16-7-10-8-17-18-9-10/h1-4,8-9H,5-7H2,(H,16,19)(H,17,18). The van der Waals surface area contributed by atoms with Gasteiger partial charge in [-0.05, 0) is 18.9 Å². The number of rotatable bonds is 4. The number of nitrogens with one attached hydrogen (secondary N) is 2. The van der Waals surface area contributed by atoms with Crippen LogP contribution in [0.5, 0.6) is 0 Å². The zero-order valence-corrected chi connectivity index (χ0v) is 10.3. The number of hydrogen-bond acceptors (Lipinski definition) is 2. The average Bonchev–Trinajstić information content (AvgIpc) is 3.06. The van der Waals surface area contributed by atoms with E-state index in [9.17, 15) is 9.18 Å². The smallest absolute Gasteiger partial charge is 0.231 e. The number of aromatic nitrogens is 2. The molecule has 1 heterocycles. The fraction of sp³-hybridized carbons (Fsp3) is 0.286. The van der Waals surface area contributed by atoms with E-state index in [0.717, 1.165) is 5.56 Å². The largest absolute Gasteiger partial charge is 0.351 e. The first-order valence-electron chi connectivity index (χ1n) is 6.23. The zero-order chi connectivity index (χ0) is 13.3. The lowest BCUT2D eigenvalue weighted by Gasteiger charge is -2.16. The summed E-state index contributed by atoms with van der Waals surface area (Å²) in [6.07, 6.45) is 4.78. The maximum absolute atomic E-state index is 13.8. The molecule has 0 spiro atoms. The Kier molecular flexibility index (Phi) is 2.81. The number of H-pyrrole nitrogens is 1. The van der Waals surface area contributed by atoms with E-state index in [2.05, 4.69) is 15.5 Å². The molecule has 3 rings (SSSR count). The maximum Gasteiger partial charge on any atom is 0.231 e. The van der Waals surface area contributed by atoms with Crippen LogP contribution in [-0.4, -0.2) is 16.1 Å². The Bertz CT molecular complexity index is 590. The first-order valence-corrected chi connectivity index (χ1v) is 6.23. The van der Waals surface area contributed by atoms with E-state index in [1.165, 1.54) is 6.07 Å². The lowest BCUT2D eigenvalue weighted by molar-refractivity contribution is -0.123. The summed E-state index contributed by atoms with van der Waals surface area (Å²) in [6.45, 7) is 0.408. The molecule has 4 nitrogen and oxygen atoms in total. The lowest BCUT2D eigenvalue weighted by atomic mass is 9.94. The number of carbonyl (C=O) groups is 1. The Morgan fingerprint density at radius 2 is 2.21 bits per heavy atom. The Hall–Kier alpha value is -2.17. The van der Waals surface area contributed by atoms with E-state index < -0.39 is 5.41 Å². The second kappa shape index (κ2) is 4.50. The van der Waals surface area contributed by atoms with Crippen molar-refractivity contribution in [3.05, 3.63) is 53.6 Å². The molecule has 1 aromatic heterocycles. The summed E-state index contributed by atoms with van der Waals surface area (Å²) >= 11 is 0. The lowest BCUT2D eigenvalue weighted by Crippen LogP contribution is -2.34. The molecular formula is C14H14FN3O. The van der Waals surface area contributed by atoms with Crippen LogP contribution in [0.2, 0.25) is 0 Å². The molecule has 5 heteroatoms. The van der Waals surface area contributed by atoms with Crippen LogP contribution in [0.3, 0.4) is 0 Å². The van der Waals surface area contributed by atoms with Crippen molar-refractivity contribution < 1.29 is 9.18 Å². The second-order valence-corrected chi connectivity index (χ2v) is 4.85. The van der Waals surface area contributed by atoms with Crippen LogP contribution in [0.4, 0.5) is 4.39 Å². The fourth-order valence-electron chi connectivity index (χ4n) is 2.32. The second-order valence-electron chi connectivity index (χ2n) is 4.85. The third kappa shape index (κ3) is 2.12. The molecule has 1 fully saturated rings. The Labute approximate surface area is 110 Å². The molecule has 0 saturated heterocycles. The molecule has 1 aliphatic rings. The molecule has 2 N–H and O–H groups in total. The normalized spacial score (nSPS) is 16.1. The molecule has 1 aliphatic carbocycles. The van der Waals surface area contributed by atoms with Crippen LogP contribution in [0.15, 0.2) is 36.7 Å². The van der Waals surface area contributed by atoms with Gasteiger partial charge in [-0.1, -0.05) is 18.2 Å². The fourth-order valence-corrected chi connectivity index (χ4v) is 2.32. The minimum atomic E-state index is -0.672. The highest BCUT2D eigenvalue weighted by Gasteiger charge is 2.52. The van der Waals surface area contributed by atoms with Gasteiger partial charge in [0.2, 0.25) is 5.91 Å². The topological polar surface area (TPSA) is 57.8 Å². The number of aromatic amines is 1. The van der Waals surface area contributed by atoms with Crippen molar-refractivity contribution in [1.29, 1.82) is 0 Å². The van der Waals surface area contributed by atoms with Crippen molar-refractivity contribution >= 4 is 5.91 Å². The van der Waals surface area contributed by atoms with Crippen molar-refractivity contribution in [2.45, 2.75) is 24.8 Å². The van der Waals surface area contributed by atoms with Crippen molar-refractivity contribution in [2.24, 2.45) is 0 Å². The van der Waals surface area contributed by atoms with Gasteiger partial charge in [0.15, 0.2) is 0 Å². The van der Waals surface area contributed by atoms with Crippen LogP contribution >= 0.6 is 0 Å². The maximum atomic E-state index is 13.8. The van der Waals surface area contributed by atoms with Gasteiger partial charge in [0.25, 0.3) is 0 Å². The molecule has 1 aromatic carbocycles. The molecule has 1 amide bonds. The molecule has 98 valence electrons. The van der Waals surface area contributed by atoms with Crippen molar-refractivity contribution in [3.63, 3.8) is 0 Å². The van der Waals surface area contributed by atoms with Gasteiger partial charge in [0.1, 0.15) is 5.82 Å². The molecule has 0 atom stereocenters. The van der Waals surface area contributed by atoms with Crippen LogP contribution < -0.4 is 5.32 Å². The van der Waals surface area contributed by atoms with E-state index in [4.69, 9.17) is 0 Å². The number of nitrogens with zero attached hydrogens (tertiary/aromatic N) is 1. The summed E-state index contributed by atoms with van der Waals surface area (Å²) < 4.78 is 13.8. The molecule has 0 radical (unpaired) electrons. The number of benzene rings is 1. The first-order chi connectivity index (χ1) is 9.22. The molecule has 2 aromatic rings. The Balaban J connectivity index is 1.74. The number of halogens is 1. The van der Waals surface area contributed by atoms with Crippen LogP contribution in [0.25, 0.3) is 0 Å². The van der Waals surface area contributed by atoms with Gasteiger partial charge in [0, 0.05) is 23.9 Å². The van der Waals surface area contributed by atoms with Gasteiger partial charge in [-0.3, -0.25) is 9.89 Å². The minimum Gasteiger partial charge on any atom is -0.351 e. The van der Waals surface area contributed by atoms with Crippen molar-refractivity contribution in [2.75, 3.05) is 0 Å². The SMILES string of the molecule is O=C(NCc1cn[nH]c1)C1(c2ccccc2F)CC1. The molecular weight excluding hydrogens is 245 g/mol. The molecule has 0 aliphatic heterocycles. The summed E-state index contributed by atoms with van der Waals surface area (Å²) in [5.74, 6) is -0.419. The van der Waals surface area contributed by atoms with Crippen LogP contribution in [0.1, 0.15) is 24.0 Å². The van der Waals surface area contributed by atoms with Crippen molar-refractivity contribution in [1.82, 2.24) is 15.5 Å². The summed E-state index contributed by atoms with van der Waals surface area (Å²) in [6, 6.07) is 6.50. The highest BCUT2D eigenvalue weighted by Crippen LogP contribution is 2.49. The highest BCUT2D eigenvalue weighted by molar-refractivity contribution is 5.91. The zero-order valence-electron chi connectivity index (χ0n) is 10.3. The predicted octanol–water partition coefficient (Wildman–Crippen LogP) is 1.90. The first kappa shape index (κ1) is 11.9. The Morgan fingerprint density at radius 1 is 1.42 bits per heavy atom. The summed E-state index contributed by atoms with van der Waals surface area (Å²) in [7, 11) is 0. The van der Waals surface area contributed by atoms with E-state index in [-0.39, 0.29) is 11.7 Å². The average molecular weight is 259 g/mol. The Morgan fingerprint density at radius 3 is 2.84 bits per heavy atom. The minimum absolute atomic E-state index is 0.112. The van der Waals surface area contributed by atoms with Gasteiger partial charge in [0.05, 0.1) is 11.6 Å². The van der Waals surface area contributed by atoms with Gasteiger partial charge in [-0.15, -0.1) is 0 Å². The van der Waals surface area contributed by atoms with Crippen LogP contribution in [-0.2, 0) is 16.8 Å². The number of hydrogen-bond donors (Lipinski definition) is 2. The third-order valence-electron chi connectivity index (χ3n) is 3.58. The molecule has 0 unspecified atom stereocenters. The van der Waals surface area contributed by atoms with Gasteiger partial charge < -0.3 is 5.32 Å². The van der Waals surface area contributed by atoms with Gasteiger partial charge >= 0.3 is 0 Å². The van der Waals surface area contributed by atoms with Crippen LogP contribution in [0, 0.1) is 5.82 Å². The molecule has 1 saturated carbocycles. The highest BCUT2D eigenvalue weighted by atomic mass is 19.1. The van der Waals surface area contributed by atoms with Gasteiger partial charge in [-0.2, -0.15) is 5.10 Å². The monoisotopic (exact) mass is 259 g/mol. The molecule has 0 bridgehead atoms. The van der Waals surface area contributed by atoms with E-state index in [1.807, 2.05) is 0 Å². The summed E-state index contributed by atoms with van der Waals surface area (Å²) in [5.41, 5.74) is 0.729. The summed E-state index contributed by atoms with van der Waals surface area (Å²) in [4.78, 5) is 12.3. The quantitative estimate of drug-likeness (QED) is 0.881. The molecule has 19 heavy (non-hydrogen) atoms. The van der Waals surface area contributed by atoms with E-state index in [0.29, 0.717) is 24.9 Å².